The van der Waals surface area contributed by atoms with Gasteiger partial charge >= 0.3 is 5.69 Å². The smallest absolute Gasteiger partial charge is 0.354 e. The predicted molar refractivity (Wildman–Crippen MR) is 88.8 cm³/mol. The van der Waals surface area contributed by atoms with Crippen molar-refractivity contribution in [2.24, 2.45) is 0 Å². The summed E-state index contributed by atoms with van der Waals surface area (Å²) in [5.74, 6) is 1.17. The van der Waals surface area contributed by atoms with Gasteiger partial charge in [0.25, 0.3) is 0 Å². The van der Waals surface area contributed by atoms with Crippen molar-refractivity contribution in [1.82, 2.24) is 15.0 Å². The molecule has 24 heavy (non-hydrogen) atoms. The van der Waals surface area contributed by atoms with Gasteiger partial charge in [0.1, 0.15) is 17.8 Å². The Morgan fingerprint density at radius 2 is 1.88 bits per heavy atom. The number of benzene rings is 1. The number of hydrogen-bond acceptors (Lipinski definition) is 9. The molecule has 0 fully saturated rings. The summed E-state index contributed by atoms with van der Waals surface area (Å²) < 4.78 is 10.4. The van der Waals surface area contributed by atoms with Gasteiger partial charge in [-0.15, -0.1) is 0 Å². The lowest BCUT2D eigenvalue weighted by Crippen LogP contribution is -2.21. The van der Waals surface area contributed by atoms with E-state index < -0.39 is 4.92 Å². The summed E-state index contributed by atoms with van der Waals surface area (Å²) in [4.78, 5) is 18.8. The number of aromatic nitrogens is 2. The molecule has 2 rings (SSSR count). The summed E-state index contributed by atoms with van der Waals surface area (Å²) >= 11 is 0. The molecule has 0 aliphatic rings. The molecule has 0 atom stereocenters. The molecular weight excluding hydrogens is 316 g/mol. The Kier molecular flexibility index (Phi) is 5.32. The Balaban J connectivity index is 2.48. The van der Waals surface area contributed by atoms with Crippen molar-refractivity contribution >= 4 is 23.0 Å². The second-order valence-corrected chi connectivity index (χ2v) is 4.87. The second-order valence-electron chi connectivity index (χ2n) is 4.87. The molecule has 2 aromatic rings. The number of hydrogen-bond donors (Lipinski definition) is 2. The molecule has 0 aliphatic carbocycles. The van der Waals surface area contributed by atoms with E-state index in [-0.39, 0.29) is 17.3 Å². The summed E-state index contributed by atoms with van der Waals surface area (Å²) in [5.41, 5.74) is 2.98. The van der Waals surface area contributed by atoms with Gasteiger partial charge in [0.15, 0.2) is 0 Å². The highest BCUT2D eigenvalue weighted by molar-refractivity contribution is 5.76. The standard InChI is InChI=1S/C14H18N6O4/c1-19(2)18-14-12(20(21)22)13(15-8-16-14)17-10-7-9(23-3)5-6-11(10)24-4/h5-8H,1-4H3,(H2,15,16,17,18). The van der Waals surface area contributed by atoms with Crippen LogP contribution in [0.4, 0.5) is 23.0 Å². The quantitative estimate of drug-likeness (QED) is 0.579. The summed E-state index contributed by atoms with van der Waals surface area (Å²) in [5, 5.41) is 15.9. The van der Waals surface area contributed by atoms with Gasteiger partial charge in [0.2, 0.25) is 11.6 Å². The number of nitrogens with zero attached hydrogens (tertiary/aromatic N) is 4. The monoisotopic (exact) mass is 334 g/mol. The van der Waals surface area contributed by atoms with Crippen LogP contribution in [-0.2, 0) is 0 Å². The van der Waals surface area contributed by atoms with Crippen LogP contribution < -0.4 is 20.2 Å². The fourth-order valence-corrected chi connectivity index (χ4v) is 1.98. The Morgan fingerprint density at radius 1 is 1.17 bits per heavy atom. The molecule has 0 spiro atoms. The van der Waals surface area contributed by atoms with Crippen LogP contribution in [0.3, 0.4) is 0 Å². The zero-order valence-corrected chi connectivity index (χ0v) is 13.7. The lowest BCUT2D eigenvalue weighted by molar-refractivity contribution is -0.383. The number of nitro groups is 1. The maximum Gasteiger partial charge on any atom is 0.354 e. The van der Waals surface area contributed by atoms with E-state index in [0.717, 1.165) is 0 Å². The first-order valence-electron chi connectivity index (χ1n) is 6.88. The first kappa shape index (κ1) is 17.2. The largest absolute Gasteiger partial charge is 0.497 e. The molecule has 10 heteroatoms. The van der Waals surface area contributed by atoms with E-state index in [9.17, 15) is 10.1 Å². The van der Waals surface area contributed by atoms with Gasteiger partial charge < -0.3 is 14.8 Å². The Labute approximate surface area is 138 Å². The molecule has 0 unspecified atom stereocenters. The van der Waals surface area contributed by atoms with Crippen LogP contribution in [0, 0.1) is 10.1 Å². The number of ether oxygens (including phenoxy) is 2. The molecule has 128 valence electrons. The first-order chi connectivity index (χ1) is 11.5. The predicted octanol–water partition coefficient (Wildman–Crippen LogP) is 2.03. The van der Waals surface area contributed by atoms with Crippen molar-refractivity contribution < 1.29 is 14.4 Å². The minimum absolute atomic E-state index is 0.0332. The van der Waals surface area contributed by atoms with E-state index in [2.05, 4.69) is 20.7 Å². The van der Waals surface area contributed by atoms with E-state index in [1.807, 2.05) is 0 Å². The van der Waals surface area contributed by atoms with Gasteiger partial charge in [-0.05, 0) is 12.1 Å². The van der Waals surface area contributed by atoms with Crippen LogP contribution >= 0.6 is 0 Å². The van der Waals surface area contributed by atoms with Crippen LogP contribution in [0.5, 0.6) is 11.5 Å². The number of nitrogens with one attached hydrogen (secondary N) is 2. The lowest BCUT2D eigenvalue weighted by Gasteiger charge is -2.15. The lowest BCUT2D eigenvalue weighted by atomic mass is 10.2. The van der Waals surface area contributed by atoms with Crippen LogP contribution in [-0.4, -0.2) is 48.2 Å². The van der Waals surface area contributed by atoms with Gasteiger partial charge in [-0.2, -0.15) is 0 Å². The molecule has 0 amide bonds. The van der Waals surface area contributed by atoms with E-state index in [4.69, 9.17) is 9.47 Å². The average molecular weight is 334 g/mol. The minimum Gasteiger partial charge on any atom is -0.497 e. The van der Waals surface area contributed by atoms with Crippen molar-refractivity contribution in [3.8, 4) is 11.5 Å². The summed E-state index contributed by atoms with van der Waals surface area (Å²) in [6, 6.07) is 5.06. The molecule has 0 aliphatic heterocycles. The van der Waals surface area contributed by atoms with E-state index >= 15 is 0 Å². The minimum atomic E-state index is -0.555. The van der Waals surface area contributed by atoms with Crippen molar-refractivity contribution in [2.45, 2.75) is 0 Å². The van der Waals surface area contributed by atoms with E-state index in [0.29, 0.717) is 17.2 Å². The van der Waals surface area contributed by atoms with Crippen molar-refractivity contribution in [2.75, 3.05) is 39.1 Å². The molecule has 0 saturated carbocycles. The third-order valence-corrected chi connectivity index (χ3v) is 2.99. The zero-order chi connectivity index (χ0) is 17.7. The number of anilines is 3. The molecule has 2 N–H and O–H groups in total. The third kappa shape index (κ3) is 3.79. The van der Waals surface area contributed by atoms with Gasteiger partial charge in [-0.1, -0.05) is 0 Å². The fourth-order valence-electron chi connectivity index (χ4n) is 1.98. The molecule has 1 aromatic carbocycles. The molecule has 0 saturated heterocycles. The second kappa shape index (κ2) is 7.42. The molecule has 10 nitrogen and oxygen atoms in total. The zero-order valence-electron chi connectivity index (χ0n) is 13.7. The van der Waals surface area contributed by atoms with Gasteiger partial charge in [-0.3, -0.25) is 15.5 Å². The highest BCUT2D eigenvalue weighted by atomic mass is 16.6. The maximum atomic E-state index is 11.5. The summed E-state index contributed by atoms with van der Waals surface area (Å²) in [7, 11) is 6.42. The molecule has 1 heterocycles. The normalized spacial score (nSPS) is 10.4. The molecule has 0 bridgehead atoms. The summed E-state index contributed by atoms with van der Waals surface area (Å²) in [6.07, 6.45) is 1.23. The number of hydrazine groups is 1. The Morgan fingerprint density at radius 3 is 2.46 bits per heavy atom. The Hall–Kier alpha value is -3.14. The van der Waals surface area contributed by atoms with Gasteiger partial charge in [0.05, 0.1) is 24.8 Å². The van der Waals surface area contributed by atoms with Crippen LogP contribution in [0.25, 0.3) is 0 Å². The number of rotatable bonds is 7. The highest BCUT2D eigenvalue weighted by Gasteiger charge is 2.24. The SMILES string of the molecule is COc1ccc(OC)c(Nc2ncnc(NN(C)C)c2[N+](=O)[O-])c1. The topological polar surface area (TPSA) is 115 Å². The van der Waals surface area contributed by atoms with Crippen molar-refractivity contribution in [3.05, 3.63) is 34.6 Å². The number of methoxy groups -OCH3 is 2. The van der Waals surface area contributed by atoms with Gasteiger partial charge in [0, 0.05) is 20.2 Å². The first-order valence-corrected chi connectivity index (χ1v) is 6.88. The van der Waals surface area contributed by atoms with Crippen molar-refractivity contribution in [3.63, 3.8) is 0 Å². The Bertz CT molecular complexity index is 737. The molecule has 0 radical (unpaired) electrons. The molecular formula is C14H18N6O4. The third-order valence-electron chi connectivity index (χ3n) is 2.99. The maximum absolute atomic E-state index is 11.5. The van der Waals surface area contributed by atoms with E-state index in [1.165, 1.54) is 20.5 Å². The highest BCUT2D eigenvalue weighted by Crippen LogP contribution is 2.36. The van der Waals surface area contributed by atoms with Crippen molar-refractivity contribution in [1.29, 1.82) is 0 Å². The summed E-state index contributed by atoms with van der Waals surface area (Å²) in [6.45, 7) is 0. The van der Waals surface area contributed by atoms with Crippen LogP contribution in [0.15, 0.2) is 24.5 Å². The molecule has 1 aromatic heterocycles. The van der Waals surface area contributed by atoms with Gasteiger partial charge in [-0.25, -0.2) is 15.0 Å². The van der Waals surface area contributed by atoms with Crippen LogP contribution in [0.2, 0.25) is 0 Å². The fraction of sp³-hybridized carbons (Fsp3) is 0.286. The van der Waals surface area contributed by atoms with E-state index in [1.54, 1.807) is 37.3 Å². The average Bonchev–Trinajstić information content (AvgIpc) is 2.54. The van der Waals surface area contributed by atoms with Crippen LogP contribution in [0.1, 0.15) is 0 Å².